The summed E-state index contributed by atoms with van der Waals surface area (Å²) >= 11 is 0. The Morgan fingerprint density at radius 3 is 2.35 bits per heavy atom. The molecule has 0 unspecified atom stereocenters. The second-order valence-corrected chi connectivity index (χ2v) is 3.17. The maximum atomic E-state index is 12.6. The van der Waals surface area contributed by atoms with E-state index in [2.05, 4.69) is 4.74 Å². The Labute approximate surface area is 94.8 Å². The van der Waals surface area contributed by atoms with Crippen LogP contribution in [0.5, 0.6) is 0 Å². The first-order valence-electron chi connectivity index (χ1n) is 4.43. The van der Waals surface area contributed by atoms with Crippen molar-refractivity contribution >= 4 is 18.6 Å². The topological polar surface area (TPSA) is 66.8 Å². The molecule has 0 saturated heterocycles. The predicted molar refractivity (Wildman–Crippen MR) is 52.6 cm³/mol. The Hall–Kier alpha value is -1.54. The summed E-state index contributed by atoms with van der Waals surface area (Å²) in [5.41, 5.74) is -2.32. The van der Waals surface area contributed by atoms with Gasteiger partial charge in [-0.15, -0.1) is 0 Å². The third-order valence-corrected chi connectivity index (χ3v) is 2.06. The molecule has 92 valence electrons. The third kappa shape index (κ3) is 2.98. The van der Waals surface area contributed by atoms with Crippen molar-refractivity contribution in [1.82, 2.24) is 0 Å². The first-order chi connectivity index (χ1) is 7.77. The third-order valence-electron chi connectivity index (χ3n) is 2.06. The second kappa shape index (κ2) is 4.76. The molecule has 0 atom stereocenters. The van der Waals surface area contributed by atoms with Gasteiger partial charge in [0.1, 0.15) is 0 Å². The molecule has 17 heavy (non-hydrogen) atoms. The molecule has 0 aromatic heterocycles. The highest BCUT2D eigenvalue weighted by atomic mass is 19.4. The first kappa shape index (κ1) is 13.5. The highest BCUT2D eigenvalue weighted by molar-refractivity contribution is 6.59. The molecule has 0 aliphatic rings. The molecule has 0 amide bonds. The molecule has 8 heteroatoms. The van der Waals surface area contributed by atoms with Crippen LogP contribution in [0.25, 0.3) is 0 Å². The number of ether oxygens (including phenoxy) is 1. The number of halogens is 3. The zero-order chi connectivity index (χ0) is 13.2. The number of benzene rings is 1. The van der Waals surface area contributed by atoms with Crippen molar-refractivity contribution < 1.29 is 32.8 Å². The van der Waals surface area contributed by atoms with Gasteiger partial charge in [-0.2, -0.15) is 13.2 Å². The van der Waals surface area contributed by atoms with Crippen LogP contribution in [0.15, 0.2) is 18.2 Å². The monoisotopic (exact) mass is 248 g/mol. The summed E-state index contributed by atoms with van der Waals surface area (Å²) in [5.74, 6) is -0.936. The van der Waals surface area contributed by atoms with Crippen molar-refractivity contribution in [3.8, 4) is 0 Å². The number of carbonyl (C=O) groups excluding carboxylic acids is 1. The Balaban J connectivity index is 3.35. The van der Waals surface area contributed by atoms with Crippen LogP contribution in [0.4, 0.5) is 13.2 Å². The van der Waals surface area contributed by atoms with Crippen LogP contribution in [0, 0.1) is 0 Å². The minimum absolute atomic E-state index is 0.316. The Bertz CT molecular complexity index is 431. The van der Waals surface area contributed by atoms with Crippen LogP contribution < -0.4 is 5.46 Å². The quantitative estimate of drug-likeness (QED) is 0.578. The Kier molecular flexibility index (Phi) is 3.79. The van der Waals surface area contributed by atoms with Crippen LogP contribution in [0.1, 0.15) is 15.9 Å². The van der Waals surface area contributed by atoms with Gasteiger partial charge in [0.15, 0.2) is 0 Å². The fourth-order valence-corrected chi connectivity index (χ4v) is 1.27. The van der Waals surface area contributed by atoms with Gasteiger partial charge in [-0.1, -0.05) is 6.07 Å². The predicted octanol–water partition coefficient (Wildman–Crippen LogP) is 0.172. The fraction of sp³-hybridized carbons (Fsp3) is 0.222. The SMILES string of the molecule is COC(=O)c1ccc(B(O)O)c(C(F)(F)F)c1. The van der Waals surface area contributed by atoms with Crippen molar-refractivity contribution in [3.63, 3.8) is 0 Å². The minimum atomic E-state index is -4.79. The van der Waals surface area contributed by atoms with Crippen LogP contribution in [0.2, 0.25) is 0 Å². The van der Waals surface area contributed by atoms with Gasteiger partial charge in [-0.25, -0.2) is 4.79 Å². The van der Waals surface area contributed by atoms with Gasteiger partial charge < -0.3 is 14.8 Å². The lowest BCUT2D eigenvalue weighted by atomic mass is 9.76. The number of carbonyl (C=O) groups is 1. The fourth-order valence-electron chi connectivity index (χ4n) is 1.27. The van der Waals surface area contributed by atoms with Gasteiger partial charge in [-0.05, 0) is 17.6 Å². The summed E-state index contributed by atoms with van der Waals surface area (Å²) in [6.45, 7) is 0. The number of rotatable bonds is 2. The molecular weight excluding hydrogens is 240 g/mol. The zero-order valence-electron chi connectivity index (χ0n) is 8.65. The van der Waals surface area contributed by atoms with E-state index in [1.807, 2.05) is 0 Å². The van der Waals surface area contributed by atoms with E-state index in [-0.39, 0.29) is 5.56 Å². The maximum Gasteiger partial charge on any atom is 0.489 e. The van der Waals surface area contributed by atoms with Gasteiger partial charge in [0, 0.05) is 0 Å². The molecule has 1 aromatic rings. The van der Waals surface area contributed by atoms with E-state index in [0.717, 1.165) is 19.2 Å². The summed E-state index contributed by atoms with van der Waals surface area (Å²) in [6.07, 6.45) is -4.79. The van der Waals surface area contributed by atoms with Gasteiger partial charge in [0.2, 0.25) is 0 Å². The highest BCUT2D eigenvalue weighted by Crippen LogP contribution is 2.28. The average molecular weight is 248 g/mol. The lowest BCUT2D eigenvalue weighted by Gasteiger charge is -2.13. The minimum Gasteiger partial charge on any atom is -0.465 e. The molecule has 0 fully saturated rings. The normalized spacial score (nSPS) is 11.2. The van der Waals surface area contributed by atoms with Crippen LogP contribution in [-0.2, 0) is 10.9 Å². The van der Waals surface area contributed by atoms with Gasteiger partial charge >= 0.3 is 19.3 Å². The van der Waals surface area contributed by atoms with E-state index < -0.39 is 30.3 Å². The molecule has 0 aliphatic heterocycles. The Morgan fingerprint density at radius 1 is 1.35 bits per heavy atom. The van der Waals surface area contributed by atoms with Crippen molar-refractivity contribution in [2.45, 2.75) is 6.18 Å². The van der Waals surface area contributed by atoms with E-state index in [4.69, 9.17) is 10.0 Å². The standard InChI is InChI=1S/C9H8BF3O4/c1-17-8(14)5-2-3-7(10(15)16)6(4-5)9(11,12)13/h2-4,15-16H,1H3. The van der Waals surface area contributed by atoms with E-state index >= 15 is 0 Å². The summed E-state index contributed by atoms with van der Waals surface area (Å²) in [4.78, 5) is 11.1. The molecule has 0 bridgehead atoms. The number of esters is 1. The van der Waals surface area contributed by atoms with Crippen molar-refractivity contribution in [2.24, 2.45) is 0 Å². The summed E-state index contributed by atoms with van der Waals surface area (Å²) in [7, 11) is -1.23. The van der Waals surface area contributed by atoms with E-state index in [1.54, 1.807) is 0 Å². The molecule has 0 radical (unpaired) electrons. The van der Waals surface area contributed by atoms with Crippen LogP contribution in [0.3, 0.4) is 0 Å². The molecule has 0 heterocycles. The van der Waals surface area contributed by atoms with Crippen molar-refractivity contribution in [1.29, 1.82) is 0 Å². The lowest BCUT2D eigenvalue weighted by molar-refractivity contribution is -0.136. The van der Waals surface area contributed by atoms with Gasteiger partial charge in [-0.3, -0.25) is 0 Å². The van der Waals surface area contributed by atoms with Gasteiger partial charge in [0.25, 0.3) is 0 Å². The van der Waals surface area contributed by atoms with Crippen LogP contribution >= 0.6 is 0 Å². The van der Waals surface area contributed by atoms with Crippen LogP contribution in [-0.4, -0.2) is 30.2 Å². The molecule has 0 spiro atoms. The summed E-state index contributed by atoms with van der Waals surface area (Å²) in [5, 5.41) is 17.6. The van der Waals surface area contributed by atoms with E-state index in [0.29, 0.717) is 6.07 Å². The smallest absolute Gasteiger partial charge is 0.465 e. The average Bonchev–Trinajstić information content (AvgIpc) is 2.25. The Morgan fingerprint density at radius 2 is 1.94 bits per heavy atom. The molecule has 0 saturated carbocycles. The number of alkyl halides is 3. The van der Waals surface area contributed by atoms with E-state index in [9.17, 15) is 18.0 Å². The van der Waals surface area contributed by atoms with Crippen molar-refractivity contribution in [2.75, 3.05) is 7.11 Å². The first-order valence-corrected chi connectivity index (χ1v) is 4.43. The number of methoxy groups -OCH3 is 1. The maximum absolute atomic E-state index is 12.6. The number of hydrogen-bond donors (Lipinski definition) is 2. The van der Waals surface area contributed by atoms with E-state index in [1.165, 1.54) is 0 Å². The molecule has 4 nitrogen and oxygen atoms in total. The zero-order valence-corrected chi connectivity index (χ0v) is 8.65. The molecule has 2 N–H and O–H groups in total. The largest absolute Gasteiger partial charge is 0.489 e. The van der Waals surface area contributed by atoms with Crippen molar-refractivity contribution in [3.05, 3.63) is 29.3 Å². The lowest BCUT2D eigenvalue weighted by Crippen LogP contribution is -2.36. The molecule has 1 aromatic carbocycles. The second-order valence-electron chi connectivity index (χ2n) is 3.17. The summed E-state index contributed by atoms with van der Waals surface area (Å²) < 4.78 is 42.0. The highest BCUT2D eigenvalue weighted by Gasteiger charge is 2.36. The van der Waals surface area contributed by atoms with Gasteiger partial charge in [0.05, 0.1) is 18.2 Å². The molecule has 1 rings (SSSR count). The number of hydrogen-bond acceptors (Lipinski definition) is 4. The summed E-state index contributed by atoms with van der Waals surface area (Å²) in [6, 6.07) is 2.36. The molecular formula is C9H8BF3O4. The molecule has 0 aliphatic carbocycles.